The van der Waals surface area contributed by atoms with Crippen LogP contribution in [-0.2, 0) is 4.74 Å². The van der Waals surface area contributed by atoms with E-state index < -0.39 is 5.60 Å². The Hall–Kier alpha value is -1.85. The van der Waals surface area contributed by atoms with Crippen LogP contribution in [0.3, 0.4) is 0 Å². The summed E-state index contributed by atoms with van der Waals surface area (Å²) in [5.41, 5.74) is 0.0733. The molecule has 0 aliphatic carbocycles. The fourth-order valence-corrected chi connectivity index (χ4v) is 1.71. The molecule has 98 valence electrons. The first-order valence-electron chi connectivity index (χ1n) is 5.86. The van der Waals surface area contributed by atoms with E-state index in [-0.39, 0.29) is 12.1 Å². The van der Waals surface area contributed by atoms with E-state index in [1.807, 2.05) is 20.8 Å². The molecule has 0 radical (unpaired) electrons. The van der Waals surface area contributed by atoms with E-state index in [4.69, 9.17) is 4.74 Å². The number of nitrogens with zero attached hydrogens (tertiary/aromatic N) is 3. The number of ether oxygens (including phenoxy) is 1. The van der Waals surface area contributed by atoms with Crippen molar-refractivity contribution < 1.29 is 14.3 Å². The maximum atomic E-state index is 11.7. The molecule has 0 aromatic carbocycles. The van der Waals surface area contributed by atoms with Crippen molar-refractivity contribution in [2.75, 3.05) is 13.1 Å². The first kappa shape index (κ1) is 12.6. The molecule has 0 spiro atoms. The second-order valence-corrected chi connectivity index (χ2v) is 5.41. The molecule has 18 heavy (non-hydrogen) atoms. The van der Waals surface area contributed by atoms with Crippen LogP contribution in [0.2, 0.25) is 0 Å². The van der Waals surface area contributed by atoms with Crippen LogP contribution in [0.1, 0.15) is 37.2 Å². The molecule has 0 N–H and O–H groups in total. The van der Waals surface area contributed by atoms with Crippen LogP contribution in [-0.4, -0.2) is 45.8 Å². The van der Waals surface area contributed by atoms with Gasteiger partial charge in [-0.15, -0.1) is 0 Å². The van der Waals surface area contributed by atoms with Crippen molar-refractivity contribution >= 4 is 12.4 Å². The Bertz CT molecular complexity index is 455. The SMILES string of the molecule is CC(C)(C)OC(=O)N1CC(n2cc(C=O)cn2)C1. The number of carbonyl (C=O) groups is 2. The first-order valence-corrected chi connectivity index (χ1v) is 5.86. The summed E-state index contributed by atoms with van der Waals surface area (Å²) in [5.74, 6) is 0. The van der Waals surface area contributed by atoms with E-state index in [1.54, 1.807) is 15.8 Å². The summed E-state index contributed by atoms with van der Waals surface area (Å²) in [5, 5.41) is 4.08. The maximum absolute atomic E-state index is 11.7. The molecule has 0 unspecified atom stereocenters. The van der Waals surface area contributed by atoms with Crippen LogP contribution in [0, 0.1) is 0 Å². The van der Waals surface area contributed by atoms with Gasteiger partial charge in [0.05, 0.1) is 17.8 Å². The fraction of sp³-hybridized carbons (Fsp3) is 0.583. The van der Waals surface area contributed by atoms with E-state index in [0.717, 1.165) is 6.29 Å². The number of aldehydes is 1. The summed E-state index contributed by atoms with van der Waals surface area (Å²) < 4.78 is 6.97. The standard InChI is InChI=1S/C12H17N3O3/c1-12(2,3)18-11(17)14-6-10(7-14)15-5-9(8-16)4-13-15/h4-5,8,10H,6-7H2,1-3H3. The Balaban J connectivity index is 1.87. The lowest BCUT2D eigenvalue weighted by molar-refractivity contribution is -0.000405. The highest BCUT2D eigenvalue weighted by Gasteiger charge is 2.35. The average Bonchev–Trinajstić information content (AvgIpc) is 2.60. The van der Waals surface area contributed by atoms with Gasteiger partial charge >= 0.3 is 6.09 Å². The van der Waals surface area contributed by atoms with Crippen LogP contribution in [0.5, 0.6) is 0 Å². The highest BCUT2D eigenvalue weighted by Crippen LogP contribution is 2.23. The second kappa shape index (κ2) is 4.44. The predicted octanol–water partition coefficient (Wildman–Crippen LogP) is 1.49. The number of carbonyl (C=O) groups excluding carboxylic acids is 2. The summed E-state index contributed by atoms with van der Waals surface area (Å²) in [6, 6.07) is 0.131. The molecule has 0 bridgehead atoms. The quantitative estimate of drug-likeness (QED) is 0.747. The van der Waals surface area contributed by atoms with Crippen LogP contribution >= 0.6 is 0 Å². The Morgan fingerprint density at radius 3 is 2.67 bits per heavy atom. The molecule has 6 nitrogen and oxygen atoms in total. The number of hydrogen-bond acceptors (Lipinski definition) is 4. The molecule has 1 amide bonds. The van der Waals surface area contributed by atoms with Crippen molar-refractivity contribution in [2.45, 2.75) is 32.4 Å². The molecule has 1 fully saturated rings. The lowest BCUT2D eigenvalue weighted by Crippen LogP contribution is -2.52. The van der Waals surface area contributed by atoms with Crippen LogP contribution in [0.15, 0.2) is 12.4 Å². The van der Waals surface area contributed by atoms with Crippen molar-refractivity contribution in [3.63, 3.8) is 0 Å². The van der Waals surface area contributed by atoms with Gasteiger partial charge in [0.25, 0.3) is 0 Å². The Morgan fingerprint density at radius 2 is 2.17 bits per heavy atom. The molecule has 0 saturated carbocycles. The zero-order valence-electron chi connectivity index (χ0n) is 10.8. The zero-order chi connectivity index (χ0) is 13.3. The van der Waals surface area contributed by atoms with E-state index >= 15 is 0 Å². The number of aromatic nitrogens is 2. The third kappa shape index (κ3) is 2.69. The number of hydrogen-bond donors (Lipinski definition) is 0. The lowest BCUT2D eigenvalue weighted by atomic mass is 10.1. The smallest absolute Gasteiger partial charge is 0.410 e. The molecule has 1 aliphatic heterocycles. The van der Waals surface area contributed by atoms with Gasteiger partial charge < -0.3 is 9.64 Å². The van der Waals surface area contributed by atoms with Gasteiger partial charge in [0, 0.05) is 19.3 Å². The van der Waals surface area contributed by atoms with Crippen molar-refractivity contribution in [2.24, 2.45) is 0 Å². The van der Waals surface area contributed by atoms with E-state index in [1.165, 1.54) is 6.20 Å². The van der Waals surface area contributed by atoms with Crippen molar-refractivity contribution in [3.05, 3.63) is 18.0 Å². The highest BCUT2D eigenvalue weighted by atomic mass is 16.6. The first-order chi connectivity index (χ1) is 8.39. The number of rotatable bonds is 2. The van der Waals surface area contributed by atoms with Gasteiger partial charge in [0.2, 0.25) is 0 Å². The molecule has 1 aromatic heterocycles. The number of likely N-dealkylation sites (tertiary alicyclic amines) is 1. The molecule has 2 rings (SSSR count). The topological polar surface area (TPSA) is 64.4 Å². The second-order valence-electron chi connectivity index (χ2n) is 5.41. The average molecular weight is 251 g/mol. The summed E-state index contributed by atoms with van der Waals surface area (Å²) in [7, 11) is 0. The summed E-state index contributed by atoms with van der Waals surface area (Å²) in [4.78, 5) is 23.9. The molecule has 1 aliphatic rings. The molecule has 2 heterocycles. The van der Waals surface area contributed by atoms with Crippen molar-refractivity contribution in [1.82, 2.24) is 14.7 Å². The highest BCUT2D eigenvalue weighted by molar-refractivity contribution is 5.73. The molecule has 6 heteroatoms. The van der Waals surface area contributed by atoms with Gasteiger partial charge in [-0.1, -0.05) is 0 Å². The Labute approximate surface area is 106 Å². The number of amides is 1. The minimum Gasteiger partial charge on any atom is -0.444 e. The Morgan fingerprint density at radius 1 is 1.50 bits per heavy atom. The summed E-state index contributed by atoms with van der Waals surface area (Å²) in [6.07, 6.45) is 3.66. The van der Waals surface area contributed by atoms with Gasteiger partial charge in [0.1, 0.15) is 5.60 Å². The summed E-state index contributed by atoms with van der Waals surface area (Å²) in [6.45, 7) is 6.65. The summed E-state index contributed by atoms with van der Waals surface area (Å²) >= 11 is 0. The van der Waals surface area contributed by atoms with Crippen LogP contribution in [0.4, 0.5) is 4.79 Å². The third-order valence-corrected chi connectivity index (χ3v) is 2.65. The minimum atomic E-state index is -0.474. The molecular weight excluding hydrogens is 234 g/mol. The lowest BCUT2D eigenvalue weighted by Gasteiger charge is -2.39. The van der Waals surface area contributed by atoms with Gasteiger partial charge in [0.15, 0.2) is 6.29 Å². The van der Waals surface area contributed by atoms with Gasteiger partial charge in [-0.3, -0.25) is 9.48 Å². The van der Waals surface area contributed by atoms with Gasteiger partial charge in [-0.2, -0.15) is 5.10 Å². The molecular formula is C12H17N3O3. The fourth-order valence-electron chi connectivity index (χ4n) is 1.71. The molecule has 1 saturated heterocycles. The largest absolute Gasteiger partial charge is 0.444 e. The third-order valence-electron chi connectivity index (χ3n) is 2.65. The predicted molar refractivity (Wildman–Crippen MR) is 64.5 cm³/mol. The minimum absolute atomic E-state index is 0.131. The van der Waals surface area contributed by atoms with Gasteiger partial charge in [-0.25, -0.2) is 4.79 Å². The van der Waals surface area contributed by atoms with Gasteiger partial charge in [-0.05, 0) is 20.8 Å². The van der Waals surface area contributed by atoms with E-state index in [9.17, 15) is 9.59 Å². The van der Waals surface area contributed by atoms with E-state index in [0.29, 0.717) is 18.7 Å². The Kier molecular flexibility index (Phi) is 3.11. The molecule has 1 aromatic rings. The van der Waals surface area contributed by atoms with E-state index in [2.05, 4.69) is 5.10 Å². The maximum Gasteiger partial charge on any atom is 0.410 e. The van der Waals surface area contributed by atoms with Crippen molar-refractivity contribution in [3.8, 4) is 0 Å². The van der Waals surface area contributed by atoms with Crippen LogP contribution < -0.4 is 0 Å². The zero-order valence-corrected chi connectivity index (χ0v) is 10.8. The monoisotopic (exact) mass is 251 g/mol. The van der Waals surface area contributed by atoms with Crippen molar-refractivity contribution in [1.29, 1.82) is 0 Å². The normalized spacial score (nSPS) is 16.3. The van der Waals surface area contributed by atoms with Crippen LogP contribution in [0.25, 0.3) is 0 Å². The molecule has 0 atom stereocenters.